The highest BCUT2D eigenvalue weighted by Gasteiger charge is 2.70. The molecule has 1 spiro atoms. The molecule has 1 aromatic rings. The second-order valence-corrected chi connectivity index (χ2v) is 13.7. The smallest absolute Gasteiger partial charge is 0.203 e. The molecule has 1 aliphatic carbocycles. The largest absolute Gasteiger partial charge is 0.497 e. The molecule has 1 saturated heterocycles. The number of nitrogens with zero attached hydrogens (tertiary/aromatic N) is 4. The summed E-state index contributed by atoms with van der Waals surface area (Å²) in [6, 6.07) is 16.0. The van der Waals surface area contributed by atoms with Crippen LogP contribution in [0.4, 0.5) is 0 Å². The predicted octanol–water partition coefficient (Wildman–Crippen LogP) is 6.23. The summed E-state index contributed by atoms with van der Waals surface area (Å²) >= 11 is 6.98. The molecule has 1 heterocycles. The zero-order valence-electron chi connectivity index (χ0n) is 19.7. The van der Waals surface area contributed by atoms with E-state index in [-0.39, 0.29) is 0 Å². The second-order valence-electron chi connectivity index (χ2n) is 8.26. The van der Waals surface area contributed by atoms with Gasteiger partial charge in [0.15, 0.2) is 5.41 Å². The van der Waals surface area contributed by atoms with Gasteiger partial charge in [-0.25, -0.2) is 0 Å². The van der Waals surface area contributed by atoms with E-state index in [1.54, 1.807) is 54.9 Å². The molecule has 9 heteroatoms. The molecular weight excluding hydrogens is 513 g/mol. The molecular formula is C26H28N4OS4. The third kappa shape index (κ3) is 5.30. The fraction of sp³-hybridized carbons (Fsp3) is 0.538. The number of hydrogen-bond acceptors (Lipinski definition) is 9. The Morgan fingerprint density at radius 1 is 0.771 bits per heavy atom. The lowest BCUT2D eigenvalue weighted by Crippen LogP contribution is -2.56. The number of rotatable bonds is 2. The van der Waals surface area contributed by atoms with Crippen molar-refractivity contribution in [2.45, 2.75) is 29.3 Å². The van der Waals surface area contributed by atoms with E-state index in [0.29, 0.717) is 11.3 Å². The minimum absolute atomic E-state index is 0.657. The number of allylic oxidation sites excluding steroid dienone is 1. The topological polar surface area (TPSA) is 104 Å². The zero-order valence-corrected chi connectivity index (χ0v) is 23.0. The van der Waals surface area contributed by atoms with Gasteiger partial charge in [0.2, 0.25) is 5.41 Å². The van der Waals surface area contributed by atoms with Crippen LogP contribution in [0, 0.1) is 56.2 Å². The number of nitriles is 4. The van der Waals surface area contributed by atoms with Crippen molar-refractivity contribution < 1.29 is 4.74 Å². The van der Waals surface area contributed by atoms with Gasteiger partial charge in [0.05, 0.1) is 31.4 Å². The first kappa shape index (κ1) is 27.7. The average molecular weight is 541 g/mol. The number of thioether (sulfide) groups is 4. The minimum Gasteiger partial charge on any atom is -0.497 e. The van der Waals surface area contributed by atoms with Crippen molar-refractivity contribution in [3.63, 3.8) is 0 Å². The van der Waals surface area contributed by atoms with Crippen molar-refractivity contribution in [1.29, 1.82) is 21.0 Å². The van der Waals surface area contributed by atoms with Crippen molar-refractivity contribution in [1.82, 2.24) is 0 Å². The molecule has 3 rings (SSSR count). The Kier molecular flexibility index (Phi) is 10.2. The van der Waals surface area contributed by atoms with E-state index in [4.69, 9.17) is 4.74 Å². The Balaban J connectivity index is 2.11. The average Bonchev–Trinajstić information content (AvgIpc) is 2.90. The molecule has 0 saturated carbocycles. The van der Waals surface area contributed by atoms with Gasteiger partial charge >= 0.3 is 0 Å². The Morgan fingerprint density at radius 3 is 1.74 bits per heavy atom. The van der Waals surface area contributed by atoms with Gasteiger partial charge in [-0.15, -0.1) is 23.5 Å². The summed E-state index contributed by atoms with van der Waals surface area (Å²) in [5.74, 6) is 5.78. The van der Waals surface area contributed by atoms with Crippen molar-refractivity contribution in [3.05, 3.63) is 42.0 Å². The summed E-state index contributed by atoms with van der Waals surface area (Å²) in [6.45, 7) is 0. The van der Waals surface area contributed by atoms with Crippen molar-refractivity contribution in [2.24, 2.45) is 10.8 Å². The van der Waals surface area contributed by atoms with Gasteiger partial charge in [0.1, 0.15) is 9.83 Å². The number of benzene rings is 1. The molecule has 1 aliphatic heterocycles. The first-order valence-corrected chi connectivity index (χ1v) is 15.8. The van der Waals surface area contributed by atoms with Crippen LogP contribution in [0.3, 0.4) is 0 Å². The highest BCUT2D eigenvalue weighted by Crippen LogP contribution is 2.66. The number of methoxy groups -OCH3 is 1. The van der Waals surface area contributed by atoms with Crippen LogP contribution in [0.1, 0.15) is 30.7 Å². The fourth-order valence-electron chi connectivity index (χ4n) is 4.45. The molecule has 1 fully saturated rings. The van der Waals surface area contributed by atoms with Gasteiger partial charge in [-0.3, -0.25) is 0 Å². The van der Waals surface area contributed by atoms with Gasteiger partial charge < -0.3 is 4.74 Å². The van der Waals surface area contributed by atoms with E-state index in [1.807, 2.05) is 35.7 Å². The van der Waals surface area contributed by atoms with Gasteiger partial charge in [0.25, 0.3) is 0 Å². The molecule has 0 N–H and O–H groups in total. The van der Waals surface area contributed by atoms with E-state index in [0.717, 1.165) is 47.4 Å². The molecule has 0 aromatic heterocycles. The Morgan fingerprint density at radius 2 is 1.29 bits per heavy atom. The minimum atomic E-state index is -1.87. The summed E-state index contributed by atoms with van der Waals surface area (Å²) < 4.78 is 4.25. The monoisotopic (exact) mass is 540 g/mol. The molecule has 182 valence electrons. The standard InChI is InChI=1S/C26H28N4OS4/c1-31-22-7-5-21(6-8-22)23-9-10-26(25(19-29,20-30)24(23,17-27)18-28)34-15-3-13-32-11-2-12-33-14-4-16-35-26/h5-10,23H,2-4,11-16H2,1H3. The van der Waals surface area contributed by atoms with Crippen LogP contribution >= 0.6 is 47.0 Å². The van der Waals surface area contributed by atoms with Crippen LogP contribution in [-0.2, 0) is 0 Å². The maximum atomic E-state index is 10.6. The summed E-state index contributed by atoms with van der Waals surface area (Å²) in [5.41, 5.74) is -3.01. The highest BCUT2D eigenvalue weighted by atomic mass is 32.2. The SMILES string of the molecule is COc1ccc(C2C=CC3(SCCCSCCCSCCCS3)C(C#N)(C#N)C2(C#N)C#N)cc1. The molecule has 5 nitrogen and oxygen atoms in total. The third-order valence-corrected chi connectivity index (χ3v) is 12.1. The lowest BCUT2D eigenvalue weighted by molar-refractivity contribution is 0.253. The van der Waals surface area contributed by atoms with Crippen LogP contribution in [0.15, 0.2) is 36.4 Å². The van der Waals surface area contributed by atoms with Crippen LogP contribution in [0.5, 0.6) is 5.75 Å². The molecule has 1 unspecified atom stereocenters. The Bertz CT molecular complexity index is 1020. The van der Waals surface area contributed by atoms with Crippen molar-refractivity contribution in [2.75, 3.05) is 41.6 Å². The molecule has 0 radical (unpaired) electrons. The zero-order chi connectivity index (χ0) is 25.2. The van der Waals surface area contributed by atoms with Crippen LogP contribution in [-0.4, -0.2) is 45.7 Å². The van der Waals surface area contributed by atoms with Gasteiger partial charge in [-0.1, -0.05) is 24.3 Å². The molecule has 0 bridgehead atoms. The normalized spacial score (nSPS) is 24.0. The van der Waals surface area contributed by atoms with E-state index in [9.17, 15) is 21.0 Å². The van der Waals surface area contributed by atoms with Crippen molar-refractivity contribution >= 4 is 47.0 Å². The van der Waals surface area contributed by atoms with Gasteiger partial charge in [0, 0.05) is 5.92 Å². The fourth-order valence-corrected chi connectivity index (χ4v) is 10.1. The van der Waals surface area contributed by atoms with E-state index in [1.165, 1.54) is 6.42 Å². The number of hydrogen-bond donors (Lipinski definition) is 0. The first-order chi connectivity index (χ1) is 17.1. The number of ether oxygens (including phenoxy) is 1. The maximum Gasteiger partial charge on any atom is 0.203 e. The van der Waals surface area contributed by atoms with Gasteiger partial charge in [-0.05, 0) is 71.5 Å². The molecule has 0 amide bonds. The second kappa shape index (κ2) is 12.9. The quantitative estimate of drug-likeness (QED) is 0.404. The summed E-state index contributed by atoms with van der Waals surface area (Å²) in [7, 11) is 1.57. The molecule has 1 atom stereocenters. The van der Waals surface area contributed by atoms with Crippen LogP contribution < -0.4 is 4.74 Å². The van der Waals surface area contributed by atoms with E-state index < -0.39 is 20.8 Å². The summed E-state index contributed by atoms with van der Waals surface area (Å²) in [5, 5.41) is 42.2. The lowest BCUT2D eigenvalue weighted by Gasteiger charge is -2.50. The third-order valence-electron chi connectivity index (χ3n) is 6.33. The Labute approximate surface area is 225 Å². The first-order valence-electron chi connectivity index (χ1n) is 11.5. The van der Waals surface area contributed by atoms with Crippen LogP contribution in [0.2, 0.25) is 0 Å². The lowest BCUT2D eigenvalue weighted by atomic mass is 9.54. The molecule has 2 aliphatic rings. The predicted molar refractivity (Wildman–Crippen MR) is 148 cm³/mol. The summed E-state index contributed by atoms with van der Waals surface area (Å²) in [4.78, 5) is 0. The molecule has 1 aromatic carbocycles. The van der Waals surface area contributed by atoms with Crippen LogP contribution in [0.25, 0.3) is 0 Å². The molecule has 35 heavy (non-hydrogen) atoms. The van der Waals surface area contributed by atoms with E-state index in [2.05, 4.69) is 24.3 Å². The van der Waals surface area contributed by atoms with E-state index >= 15 is 0 Å². The maximum absolute atomic E-state index is 10.6. The summed E-state index contributed by atoms with van der Waals surface area (Å²) in [6.07, 6.45) is 6.93. The highest BCUT2D eigenvalue weighted by molar-refractivity contribution is 8.18. The Hall–Kier alpha value is -1.88. The van der Waals surface area contributed by atoms with Gasteiger partial charge in [-0.2, -0.15) is 44.6 Å². The van der Waals surface area contributed by atoms with Crippen molar-refractivity contribution in [3.8, 4) is 30.0 Å².